The molecule has 0 spiro atoms. The predicted molar refractivity (Wildman–Crippen MR) is 288 cm³/mol. The minimum atomic E-state index is -3.39. The number of carbonyl (C=O) groups excluding carboxylic acids is 2. The molecule has 0 radical (unpaired) electrons. The van der Waals surface area contributed by atoms with Gasteiger partial charge in [0, 0.05) is 147 Å². The number of ketones is 2. The van der Waals surface area contributed by atoms with E-state index in [1.807, 2.05) is 4.90 Å². The van der Waals surface area contributed by atoms with Gasteiger partial charge < -0.3 is 9.84 Å². The first-order chi connectivity index (χ1) is 37.4. The van der Waals surface area contributed by atoms with Crippen LogP contribution in [0.15, 0.2) is 122 Å². The zero-order valence-corrected chi connectivity index (χ0v) is 45.4. The van der Waals surface area contributed by atoms with E-state index in [1.165, 1.54) is 69.8 Å². The van der Waals surface area contributed by atoms with Crippen molar-refractivity contribution in [1.82, 2.24) is 28.4 Å². The van der Waals surface area contributed by atoms with E-state index in [2.05, 4.69) is 19.1 Å². The molecular formula is C55H54F4N6O11S3. The maximum Gasteiger partial charge on any atom is 0.264 e. The Bertz CT molecular complexity index is 3650. The highest BCUT2D eigenvalue weighted by Gasteiger charge is 2.34. The summed E-state index contributed by atoms with van der Waals surface area (Å²) < 4.78 is 137. The molecule has 10 rings (SSSR count). The minimum Gasteiger partial charge on any atom is -0.508 e. The quantitative estimate of drug-likeness (QED) is 0.0946. The number of phenolic OH excluding ortho intramolecular Hbond substituents is 1. The number of allylic oxidation sites excluding steroid dienone is 2. The van der Waals surface area contributed by atoms with Crippen molar-refractivity contribution in [2.75, 3.05) is 97.4 Å². The Hall–Kier alpha value is -7.03. The summed E-state index contributed by atoms with van der Waals surface area (Å²) in [7, 11) is -9.69. The molecule has 79 heavy (non-hydrogen) atoms. The second-order valence-corrected chi connectivity index (χ2v) is 24.4. The normalized spacial score (nSPS) is 16.5. The molecule has 0 atom stereocenters. The van der Waals surface area contributed by atoms with Crippen molar-refractivity contribution >= 4 is 64.0 Å². The summed E-state index contributed by atoms with van der Waals surface area (Å²) in [6.07, 6.45) is 9.65. The van der Waals surface area contributed by atoms with Crippen LogP contribution in [0.3, 0.4) is 0 Å². The van der Waals surface area contributed by atoms with E-state index in [1.54, 1.807) is 61.1 Å². The Kier molecular flexibility index (Phi) is 18.1. The molecule has 416 valence electrons. The van der Waals surface area contributed by atoms with Gasteiger partial charge in [0.05, 0.1) is 25.4 Å². The zero-order valence-electron chi connectivity index (χ0n) is 43.0. The van der Waals surface area contributed by atoms with Gasteiger partial charge in [-0.15, -0.1) is 0 Å². The summed E-state index contributed by atoms with van der Waals surface area (Å²) in [5.74, 6) is -3.00. The maximum absolute atomic E-state index is 14.2. The van der Waals surface area contributed by atoms with E-state index in [9.17, 15) is 57.5 Å². The Morgan fingerprint density at radius 1 is 0.494 bits per heavy atom. The number of aromatic nitrogens is 2. The molecule has 2 aliphatic carbocycles. The van der Waals surface area contributed by atoms with Gasteiger partial charge in [0.1, 0.15) is 41.4 Å². The molecule has 24 heteroatoms. The van der Waals surface area contributed by atoms with Crippen molar-refractivity contribution in [1.29, 1.82) is 0 Å². The smallest absolute Gasteiger partial charge is 0.264 e. The van der Waals surface area contributed by atoms with Crippen LogP contribution in [-0.2, 0) is 34.3 Å². The van der Waals surface area contributed by atoms with Crippen LogP contribution in [0.25, 0.3) is 22.3 Å². The van der Waals surface area contributed by atoms with E-state index < -0.39 is 53.4 Å². The number of ether oxygens (including phenoxy) is 1. The molecule has 2 aliphatic heterocycles. The van der Waals surface area contributed by atoms with Gasteiger partial charge in [0.15, 0.2) is 11.6 Å². The number of sulfonamides is 2. The van der Waals surface area contributed by atoms with Gasteiger partial charge >= 0.3 is 0 Å². The van der Waals surface area contributed by atoms with Crippen molar-refractivity contribution in [3.05, 3.63) is 190 Å². The van der Waals surface area contributed by atoms with Crippen LogP contribution < -0.4 is 4.74 Å². The first-order valence-corrected chi connectivity index (χ1v) is 30.1. The molecule has 0 unspecified atom stereocenters. The SMILES string of the molecule is CS(=O)(=O)N1CCN(CCOc2ccc3c(c2)C(c2cc(F)cc(F)c2)=C(c2cccnc2)C3=O)CC1.CS(=O)(=O)OCCN1CCN(S(C)(=O)=O)CC1.O=C1C(c2cccnc2)=C(c2cc(F)cc(F)c2)c2cc(O)ccc21. The molecule has 4 aliphatic rings. The summed E-state index contributed by atoms with van der Waals surface area (Å²) >= 11 is 0. The predicted octanol–water partition coefficient (Wildman–Crippen LogP) is 6.23. The van der Waals surface area contributed by atoms with Crippen LogP contribution in [0, 0.1) is 23.3 Å². The molecule has 17 nitrogen and oxygen atoms in total. The molecular weight excluding hydrogens is 1090 g/mol. The van der Waals surface area contributed by atoms with Gasteiger partial charge in [-0.3, -0.25) is 33.5 Å². The highest BCUT2D eigenvalue weighted by atomic mass is 32.2. The number of halogens is 4. The Morgan fingerprint density at radius 3 is 1.32 bits per heavy atom. The highest BCUT2D eigenvalue weighted by molar-refractivity contribution is 7.88. The third kappa shape index (κ3) is 14.6. The van der Waals surface area contributed by atoms with Crippen LogP contribution >= 0.6 is 0 Å². The van der Waals surface area contributed by atoms with Gasteiger partial charge in [-0.1, -0.05) is 12.1 Å². The first-order valence-electron chi connectivity index (χ1n) is 24.5. The number of Topliss-reactive ketones (excluding diaryl/α,β-unsaturated/α-hetero) is 2. The average Bonchev–Trinajstić information content (AvgIpc) is 4.12. The number of piperazine rings is 2. The molecule has 2 saturated heterocycles. The number of pyridine rings is 2. The maximum atomic E-state index is 14.2. The fourth-order valence-electron chi connectivity index (χ4n) is 9.47. The number of aromatic hydroxyl groups is 1. The number of phenols is 1. The van der Waals surface area contributed by atoms with Crippen LogP contribution in [0.5, 0.6) is 11.5 Å². The van der Waals surface area contributed by atoms with Crippen LogP contribution in [0.2, 0.25) is 0 Å². The van der Waals surface area contributed by atoms with Crippen LogP contribution in [0.4, 0.5) is 17.6 Å². The third-order valence-electron chi connectivity index (χ3n) is 13.2. The molecule has 4 aromatic carbocycles. The minimum absolute atomic E-state index is 0.0339. The Morgan fingerprint density at radius 2 is 0.911 bits per heavy atom. The summed E-state index contributed by atoms with van der Waals surface area (Å²) in [5, 5.41) is 9.82. The number of hydrogen-bond donors (Lipinski definition) is 1. The fraction of sp³-hybridized carbons (Fsp3) is 0.273. The monoisotopic (exact) mass is 1150 g/mol. The number of benzene rings is 4. The molecule has 4 heterocycles. The van der Waals surface area contributed by atoms with Crippen LogP contribution in [-0.4, -0.2) is 168 Å². The van der Waals surface area contributed by atoms with Gasteiger partial charge in [-0.2, -0.15) is 17.0 Å². The van der Waals surface area contributed by atoms with Crippen molar-refractivity contribution < 1.29 is 66.4 Å². The number of carbonyl (C=O) groups is 2. The highest BCUT2D eigenvalue weighted by Crippen LogP contribution is 2.45. The Balaban J connectivity index is 0.000000169. The second-order valence-electron chi connectivity index (χ2n) is 18.8. The second kappa shape index (κ2) is 24.5. The standard InChI is InChI=1S/C27H25F2N3O4S.C20H11F2NO2.C8H18N2O5S2/c1-37(34,35)32-9-7-31(8-10-32)11-12-36-22-4-5-23-24(16-22)25(19-13-20(28)15-21(29)14-19)26(27(23)33)18-3-2-6-30-17-18;21-13-6-12(7-14(22)8-13)18-17-9-15(24)3-4-16(17)20(25)19(18)11-2-1-5-23-10-11;1-16(11,12)10-5-3-9(4-6-10)7-8-15-17(2,13)14/h2-6,13-17H,7-12H2,1H3;1-10,24H;3-8H2,1-2H3. The van der Waals surface area contributed by atoms with E-state index >= 15 is 0 Å². The van der Waals surface area contributed by atoms with E-state index in [0.717, 1.165) is 18.4 Å². The average molecular weight is 1150 g/mol. The van der Waals surface area contributed by atoms with Gasteiger partial charge in [0.2, 0.25) is 20.0 Å². The summed E-state index contributed by atoms with van der Waals surface area (Å²) in [6, 6.07) is 22.6. The molecule has 2 fully saturated rings. The van der Waals surface area contributed by atoms with Crippen LogP contribution in [0.1, 0.15) is 54.1 Å². The van der Waals surface area contributed by atoms with Gasteiger partial charge in [-0.25, -0.2) is 34.4 Å². The lowest BCUT2D eigenvalue weighted by molar-refractivity contribution is 0.105. The van der Waals surface area contributed by atoms with E-state index in [0.29, 0.717) is 133 Å². The summed E-state index contributed by atoms with van der Waals surface area (Å²) in [5.41, 5.74) is 4.78. The number of nitrogens with zero attached hydrogens (tertiary/aromatic N) is 6. The topological polar surface area (TPSA) is 214 Å². The fourth-order valence-corrected chi connectivity index (χ4v) is 11.5. The van der Waals surface area contributed by atoms with Crippen molar-refractivity contribution in [3.63, 3.8) is 0 Å². The molecule has 6 aromatic rings. The zero-order chi connectivity index (χ0) is 56.8. The van der Waals surface area contributed by atoms with Crippen molar-refractivity contribution in [2.24, 2.45) is 0 Å². The lowest BCUT2D eigenvalue weighted by Crippen LogP contribution is -2.49. The lowest BCUT2D eigenvalue weighted by atomic mass is 9.94. The Labute approximate surface area is 455 Å². The third-order valence-corrected chi connectivity index (χ3v) is 16.4. The van der Waals surface area contributed by atoms with E-state index in [-0.39, 0.29) is 35.0 Å². The molecule has 0 saturated carbocycles. The van der Waals surface area contributed by atoms with Gasteiger partial charge in [0.25, 0.3) is 10.1 Å². The summed E-state index contributed by atoms with van der Waals surface area (Å²) in [4.78, 5) is 38.6. The molecule has 1 N–H and O–H groups in total. The molecule has 2 aromatic heterocycles. The van der Waals surface area contributed by atoms with E-state index in [4.69, 9.17) is 4.74 Å². The molecule has 0 amide bonds. The van der Waals surface area contributed by atoms with Crippen molar-refractivity contribution in [2.45, 2.75) is 0 Å². The number of fused-ring (bicyclic) bond motifs is 2. The number of hydrogen-bond acceptors (Lipinski definition) is 15. The van der Waals surface area contributed by atoms with Gasteiger partial charge in [-0.05, 0) is 95.1 Å². The first kappa shape index (κ1) is 58.1. The largest absolute Gasteiger partial charge is 0.508 e. The molecule has 0 bridgehead atoms. The number of rotatable bonds is 14. The lowest BCUT2D eigenvalue weighted by Gasteiger charge is -2.33. The van der Waals surface area contributed by atoms with Crippen molar-refractivity contribution in [3.8, 4) is 11.5 Å². The summed E-state index contributed by atoms with van der Waals surface area (Å²) in [6.45, 7) is 5.74.